The summed E-state index contributed by atoms with van der Waals surface area (Å²) in [7, 11) is 1.26. The van der Waals surface area contributed by atoms with Crippen LogP contribution in [0.2, 0.25) is 0 Å². The third kappa shape index (κ3) is 16.8. The Labute approximate surface area is 187 Å². The summed E-state index contributed by atoms with van der Waals surface area (Å²) < 4.78 is 0. The molecule has 0 saturated heterocycles. The maximum atomic E-state index is 2.38. The minimum atomic E-state index is 0. The fourth-order valence-corrected chi connectivity index (χ4v) is 7.32. The minimum absolute atomic E-state index is 0. The van der Waals surface area contributed by atoms with Gasteiger partial charge in [0.2, 0.25) is 0 Å². The first kappa shape index (κ1) is 31.8. The Hall–Kier alpha value is 2.15. The van der Waals surface area contributed by atoms with E-state index in [-0.39, 0.29) is 24.8 Å². The van der Waals surface area contributed by atoms with Crippen LogP contribution in [0.4, 0.5) is 0 Å². The van der Waals surface area contributed by atoms with Gasteiger partial charge in [-0.15, -0.1) is 8.58 Å². The number of rotatable bonds is 11. The van der Waals surface area contributed by atoms with Crippen LogP contribution in [0.15, 0.2) is 0 Å². The smallest absolute Gasteiger partial charge is 1.00 e. The molecule has 5 heteroatoms. The minimum Gasteiger partial charge on any atom is -1.00 e. The van der Waals surface area contributed by atoms with E-state index in [9.17, 15) is 0 Å². The van der Waals surface area contributed by atoms with Crippen LogP contribution in [0.25, 0.3) is 0 Å². The molecular weight excluding hydrogens is 421 g/mol. The molecular formula is C20H43Cl2P2Ti. The van der Waals surface area contributed by atoms with Gasteiger partial charge in [0.25, 0.3) is 0 Å². The topological polar surface area (TPSA) is 0 Å². The summed E-state index contributed by atoms with van der Waals surface area (Å²) in [4.78, 5) is 0. The zero-order chi connectivity index (χ0) is 17.4. The Kier molecular flexibility index (Phi) is 28.6. The van der Waals surface area contributed by atoms with E-state index in [1.807, 2.05) is 0 Å². The first-order valence-corrected chi connectivity index (χ1v) is 15.1. The van der Waals surface area contributed by atoms with Gasteiger partial charge in [0, 0.05) is 0 Å². The molecule has 0 aromatic rings. The molecule has 25 heavy (non-hydrogen) atoms. The molecule has 0 amide bonds. The molecule has 0 N–H and O–H groups in total. The molecule has 3 atom stereocenters. The van der Waals surface area contributed by atoms with Crippen LogP contribution >= 0.6 is 15.2 Å². The van der Waals surface area contributed by atoms with Crippen molar-refractivity contribution in [2.24, 2.45) is 5.41 Å². The van der Waals surface area contributed by atoms with E-state index in [4.69, 9.17) is 0 Å². The van der Waals surface area contributed by atoms with Gasteiger partial charge in [-0.2, -0.15) is 0 Å². The van der Waals surface area contributed by atoms with Crippen LogP contribution in [0, 0.1) is 5.41 Å². The van der Waals surface area contributed by atoms with Crippen LogP contribution in [0.5, 0.6) is 0 Å². The number of halogens is 2. The summed E-state index contributed by atoms with van der Waals surface area (Å²) >= 11 is 2.26. The second kappa shape index (κ2) is 22.4. The Morgan fingerprint density at radius 3 is 1.88 bits per heavy atom. The maximum absolute atomic E-state index is 2.38. The second-order valence-corrected chi connectivity index (χ2v) is 11.6. The molecule has 0 aliphatic heterocycles. The Morgan fingerprint density at radius 1 is 0.880 bits per heavy atom. The first-order chi connectivity index (χ1) is 11.2. The van der Waals surface area contributed by atoms with Crippen LogP contribution in [-0.4, -0.2) is 18.0 Å². The van der Waals surface area contributed by atoms with Gasteiger partial charge in [-0.25, -0.2) is 0 Å². The van der Waals surface area contributed by atoms with Gasteiger partial charge in [0.1, 0.15) is 0 Å². The summed E-state index contributed by atoms with van der Waals surface area (Å²) in [5.41, 5.74) is 1.85. The van der Waals surface area contributed by atoms with Crippen molar-refractivity contribution in [2.75, 3.05) is 12.3 Å². The van der Waals surface area contributed by atoms with Gasteiger partial charge in [-0.3, -0.25) is 0 Å². The van der Waals surface area contributed by atoms with Crippen molar-refractivity contribution in [3.8, 4) is 0 Å². The van der Waals surface area contributed by atoms with Gasteiger partial charge >= 0.3 is 52.4 Å². The van der Waals surface area contributed by atoms with Crippen LogP contribution in [0.1, 0.15) is 105 Å². The van der Waals surface area contributed by atoms with E-state index >= 15 is 0 Å². The summed E-state index contributed by atoms with van der Waals surface area (Å²) in [5, 5.41) is 0. The van der Waals surface area contributed by atoms with Gasteiger partial charge in [0.05, 0.1) is 0 Å². The molecule has 1 rings (SSSR count). The number of hydrogen-bond acceptors (Lipinski definition) is 0. The average Bonchev–Trinajstić information content (AvgIpc) is 2.54. The molecule has 0 nitrogen and oxygen atoms in total. The fraction of sp³-hybridized carbons (Fsp3) is 1.00. The molecule has 151 valence electrons. The van der Waals surface area contributed by atoms with Crippen molar-refractivity contribution in [1.82, 2.24) is 0 Å². The maximum Gasteiger partial charge on any atom is -1.00 e. The van der Waals surface area contributed by atoms with E-state index in [2.05, 4.69) is 47.6 Å². The number of hydrogen-bond donors (Lipinski definition) is 0. The van der Waals surface area contributed by atoms with Gasteiger partial charge in [-0.1, -0.05) is 46.5 Å². The molecule has 1 fully saturated rings. The van der Waals surface area contributed by atoms with Crippen molar-refractivity contribution >= 4 is 15.2 Å². The zero-order valence-electron chi connectivity index (χ0n) is 17.2. The van der Waals surface area contributed by atoms with E-state index in [1.54, 1.807) is 6.42 Å². The molecule has 0 spiro atoms. The molecule has 1 saturated carbocycles. The Balaban J connectivity index is -0.000000525. The molecule has 3 unspecified atom stereocenters. The molecule has 1 aliphatic carbocycles. The predicted octanol–water partition coefficient (Wildman–Crippen LogP) is 1.93. The van der Waals surface area contributed by atoms with Crippen molar-refractivity contribution in [1.29, 1.82) is 0 Å². The number of unbranched alkanes of at least 4 members (excludes halogenated alkanes) is 2. The molecule has 0 aromatic carbocycles. The Morgan fingerprint density at radius 2 is 1.44 bits per heavy atom. The predicted molar refractivity (Wildman–Crippen MR) is 111 cm³/mol. The van der Waals surface area contributed by atoms with Crippen LogP contribution in [-0.2, 0) is 19.9 Å². The van der Waals surface area contributed by atoms with E-state index in [0.717, 1.165) is 17.6 Å². The molecule has 0 bridgehead atoms. The van der Waals surface area contributed by atoms with Gasteiger partial charge in [0.15, 0.2) is 0 Å². The monoisotopic (exact) mass is 463 g/mol. The Bertz CT molecular complexity index is 240. The summed E-state index contributed by atoms with van der Waals surface area (Å²) in [6.07, 6.45) is 20.5. The second-order valence-electron chi connectivity index (χ2n) is 7.38. The summed E-state index contributed by atoms with van der Waals surface area (Å²) in [6.45, 7) is 10.5. The molecule has 0 aromatic heterocycles. The van der Waals surface area contributed by atoms with Crippen molar-refractivity contribution in [3.05, 3.63) is 0 Å². The van der Waals surface area contributed by atoms with Crippen molar-refractivity contribution < 1.29 is 44.7 Å². The van der Waals surface area contributed by atoms with Crippen LogP contribution in [0.3, 0.4) is 0 Å². The van der Waals surface area contributed by atoms with E-state index in [1.165, 1.54) is 91.5 Å². The third-order valence-corrected chi connectivity index (χ3v) is 8.61. The average molecular weight is 464 g/mol. The normalized spacial score (nSPS) is 19.4. The standard InChI is InChI=1S/C16H33P.C4H10P.2ClH.Ti/c1-4-7-13-17-15-9-8-12-16(14-15,10-5-2)11-6-3;1-2-3-4-5;;;/h15,17H,4-14H2,1-3H3;5H,2-4H2,1H3;2*1H;/q;-1;;;+3/p-2. The molecule has 0 heterocycles. The molecule has 1 aliphatic rings. The SMILES string of the molecule is CCCCPC1CCCC(CCC)(CCC)C1.CCCC[PH][Ti+2].[Cl-].[Cl-]. The van der Waals surface area contributed by atoms with E-state index in [0.29, 0.717) is 0 Å². The van der Waals surface area contributed by atoms with Crippen LogP contribution < -0.4 is 24.8 Å². The third-order valence-electron chi connectivity index (χ3n) is 5.12. The van der Waals surface area contributed by atoms with Crippen molar-refractivity contribution in [3.63, 3.8) is 0 Å². The van der Waals surface area contributed by atoms with E-state index < -0.39 is 0 Å². The molecule has 0 radical (unpaired) electrons. The van der Waals surface area contributed by atoms with Gasteiger partial charge < -0.3 is 24.8 Å². The first-order valence-electron chi connectivity index (χ1n) is 10.3. The summed E-state index contributed by atoms with van der Waals surface area (Å²) in [5.74, 6) is 0. The van der Waals surface area contributed by atoms with Crippen molar-refractivity contribution in [2.45, 2.75) is 110 Å². The quantitative estimate of drug-likeness (QED) is 0.249. The summed E-state index contributed by atoms with van der Waals surface area (Å²) in [6, 6.07) is 0. The largest absolute Gasteiger partial charge is 1.00 e. The van der Waals surface area contributed by atoms with Gasteiger partial charge in [-0.05, 0) is 55.8 Å². The fourth-order valence-electron chi connectivity index (χ4n) is 4.01. The zero-order valence-corrected chi connectivity index (χ0v) is 22.3.